The molecule has 0 aliphatic carbocycles. The summed E-state index contributed by atoms with van der Waals surface area (Å²) in [5.41, 5.74) is 2.50. The molecule has 0 fully saturated rings. The summed E-state index contributed by atoms with van der Waals surface area (Å²) in [6, 6.07) is 11.3. The fourth-order valence-electron chi connectivity index (χ4n) is 2.69. The van der Waals surface area contributed by atoms with Crippen LogP contribution in [0.4, 0.5) is 5.13 Å². The van der Waals surface area contributed by atoms with Gasteiger partial charge in [0.15, 0.2) is 16.6 Å². The predicted molar refractivity (Wildman–Crippen MR) is 124 cm³/mol. The van der Waals surface area contributed by atoms with Crippen LogP contribution in [0.1, 0.15) is 12.5 Å². The lowest BCUT2D eigenvalue weighted by Crippen LogP contribution is -2.07. The molecule has 0 aliphatic heterocycles. The number of amides is 1. The van der Waals surface area contributed by atoms with Gasteiger partial charge in [0.1, 0.15) is 5.75 Å². The molecule has 6 nitrogen and oxygen atoms in total. The fraction of sp³-hybridized carbons (Fsp3) is 0.182. The largest absolute Gasteiger partial charge is 0.497 e. The Labute approximate surface area is 187 Å². The minimum atomic E-state index is -0.273. The van der Waals surface area contributed by atoms with Crippen LogP contribution in [0.5, 0.6) is 17.2 Å². The molecule has 0 spiro atoms. The Balaban J connectivity index is 1.69. The smallest absolute Gasteiger partial charge is 0.250 e. The summed E-state index contributed by atoms with van der Waals surface area (Å²) in [5, 5.41) is 5.20. The second kappa shape index (κ2) is 10.3. The number of anilines is 1. The zero-order valence-corrected chi connectivity index (χ0v) is 19.2. The van der Waals surface area contributed by atoms with Gasteiger partial charge in [0.25, 0.3) is 0 Å². The van der Waals surface area contributed by atoms with Crippen molar-refractivity contribution in [3.8, 4) is 28.5 Å². The molecule has 0 atom stereocenters. The summed E-state index contributed by atoms with van der Waals surface area (Å²) >= 11 is 4.84. The van der Waals surface area contributed by atoms with Crippen molar-refractivity contribution in [3.05, 3.63) is 57.9 Å². The number of methoxy groups -OCH3 is 2. The number of carbonyl (C=O) groups excluding carboxylic acids is 1. The zero-order chi connectivity index (χ0) is 21.5. The van der Waals surface area contributed by atoms with Crippen molar-refractivity contribution in [2.75, 3.05) is 26.1 Å². The van der Waals surface area contributed by atoms with E-state index in [1.54, 1.807) is 20.3 Å². The van der Waals surface area contributed by atoms with Gasteiger partial charge in [-0.3, -0.25) is 10.1 Å². The van der Waals surface area contributed by atoms with E-state index in [2.05, 4.69) is 26.2 Å². The van der Waals surface area contributed by atoms with E-state index >= 15 is 0 Å². The van der Waals surface area contributed by atoms with Crippen LogP contribution in [0, 0.1) is 0 Å². The summed E-state index contributed by atoms with van der Waals surface area (Å²) < 4.78 is 17.0. The number of hydrogen-bond acceptors (Lipinski definition) is 6. The van der Waals surface area contributed by atoms with Crippen LogP contribution < -0.4 is 19.5 Å². The van der Waals surface area contributed by atoms with E-state index < -0.39 is 0 Å². The number of nitrogens with zero attached hydrogens (tertiary/aromatic N) is 1. The maximum atomic E-state index is 12.3. The van der Waals surface area contributed by atoms with Crippen molar-refractivity contribution in [2.45, 2.75) is 6.92 Å². The normalized spacial score (nSPS) is 10.8. The quantitative estimate of drug-likeness (QED) is 0.415. The number of benzene rings is 2. The maximum absolute atomic E-state index is 12.3. The van der Waals surface area contributed by atoms with Crippen LogP contribution in [-0.2, 0) is 4.79 Å². The third kappa shape index (κ3) is 5.40. The number of rotatable bonds is 8. The minimum Gasteiger partial charge on any atom is -0.497 e. The molecule has 0 saturated carbocycles. The molecule has 1 heterocycles. The zero-order valence-electron chi connectivity index (χ0n) is 16.8. The lowest BCUT2D eigenvalue weighted by Gasteiger charge is -2.12. The Bertz CT molecular complexity index is 1070. The summed E-state index contributed by atoms with van der Waals surface area (Å²) in [7, 11) is 3.20. The molecular formula is C22H21BrN2O4S. The van der Waals surface area contributed by atoms with E-state index in [0.29, 0.717) is 23.2 Å². The molecular weight excluding hydrogens is 468 g/mol. The first-order valence-corrected chi connectivity index (χ1v) is 10.8. The first-order valence-electron chi connectivity index (χ1n) is 9.13. The van der Waals surface area contributed by atoms with E-state index in [-0.39, 0.29) is 5.91 Å². The molecule has 1 N–H and O–H groups in total. The first-order chi connectivity index (χ1) is 14.5. The van der Waals surface area contributed by atoms with Crippen molar-refractivity contribution in [1.82, 2.24) is 4.98 Å². The molecule has 0 aliphatic rings. The Morgan fingerprint density at radius 2 is 2.07 bits per heavy atom. The summed E-state index contributed by atoms with van der Waals surface area (Å²) in [4.78, 5) is 16.8. The van der Waals surface area contributed by atoms with Crippen molar-refractivity contribution in [3.63, 3.8) is 0 Å². The highest BCUT2D eigenvalue weighted by Crippen LogP contribution is 2.37. The van der Waals surface area contributed by atoms with Crippen LogP contribution in [-0.4, -0.2) is 31.7 Å². The Kier molecular flexibility index (Phi) is 7.48. The number of thiazole rings is 1. The average molecular weight is 489 g/mol. The number of nitrogens with one attached hydrogen (secondary N) is 1. The Hall–Kier alpha value is -2.84. The van der Waals surface area contributed by atoms with Gasteiger partial charge in [0.05, 0.1) is 31.0 Å². The van der Waals surface area contributed by atoms with Crippen molar-refractivity contribution in [1.29, 1.82) is 0 Å². The van der Waals surface area contributed by atoms with Crippen molar-refractivity contribution >= 4 is 44.4 Å². The lowest BCUT2D eigenvalue weighted by molar-refractivity contribution is -0.111. The van der Waals surface area contributed by atoms with Crippen molar-refractivity contribution in [2.24, 2.45) is 0 Å². The molecule has 0 saturated heterocycles. The molecule has 30 heavy (non-hydrogen) atoms. The van der Waals surface area contributed by atoms with Gasteiger partial charge >= 0.3 is 0 Å². The molecule has 0 radical (unpaired) electrons. The first kappa shape index (κ1) is 21.9. The van der Waals surface area contributed by atoms with Gasteiger partial charge < -0.3 is 14.2 Å². The Morgan fingerprint density at radius 3 is 2.80 bits per heavy atom. The molecule has 3 rings (SSSR count). The number of ether oxygens (including phenoxy) is 3. The highest BCUT2D eigenvalue weighted by atomic mass is 79.9. The van der Waals surface area contributed by atoms with Crippen LogP contribution in [0.2, 0.25) is 0 Å². The number of carbonyl (C=O) groups is 1. The van der Waals surface area contributed by atoms with E-state index in [4.69, 9.17) is 14.2 Å². The van der Waals surface area contributed by atoms with Gasteiger partial charge in [-0.25, -0.2) is 4.98 Å². The van der Waals surface area contributed by atoms with Crippen LogP contribution >= 0.6 is 27.3 Å². The molecule has 1 aromatic heterocycles. The third-order valence-electron chi connectivity index (χ3n) is 4.07. The molecule has 0 bridgehead atoms. The van der Waals surface area contributed by atoms with E-state index in [1.165, 1.54) is 17.4 Å². The molecule has 2 aromatic carbocycles. The lowest BCUT2D eigenvalue weighted by atomic mass is 10.2. The monoisotopic (exact) mass is 488 g/mol. The van der Waals surface area contributed by atoms with Crippen molar-refractivity contribution < 1.29 is 19.0 Å². The predicted octanol–water partition coefficient (Wildman–Crippen LogP) is 5.64. The van der Waals surface area contributed by atoms with E-state index in [0.717, 1.165) is 27.0 Å². The van der Waals surface area contributed by atoms with Gasteiger partial charge in [0.2, 0.25) is 5.91 Å². The average Bonchev–Trinajstić information content (AvgIpc) is 3.22. The highest BCUT2D eigenvalue weighted by molar-refractivity contribution is 9.10. The SMILES string of the molecule is CCOc1c(Br)cc(/C=C/C(=O)Nc2nc(-c3cccc(OC)c3)cs2)cc1OC. The van der Waals surface area contributed by atoms with Crippen LogP contribution in [0.15, 0.2) is 52.3 Å². The molecule has 3 aromatic rings. The van der Waals surface area contributed by atoms with Crippen LogP contribution in [0.3, 0.4) is 0 Å². The minimum absolute atomic E-state index is 0.273. The summed E-state index contributed by atoms with van der Waals surface area (Å²) in [5.74, 6) is 1.71. The molecule has 8 heteroatoms. The standard InChI is InChI=1S/C22H21BrN2O4S/c1-4-29-21-17(23)10-14(11-19(21)28-3)8-9-20(26)25-22-24-18(13-30-22)15-6-5-7-16(12-15)27-2/h5-13H,4H2,1-3H3,(H,24,25,26)/b9-8+. The van der Waals surface area contributed by atoms with Gasteiger partial charge in [-0.05, 0) is 58.8 Å². The topological polar surface area (TPSA) is 69.7 Å². The number of hydrogen-bond donors (Lipinski definition) is 1. The summed E-state index contributed by atoms with van der Waals surface area (Å²) in [6.45, 7) is 2.43. The van der Waals surface area contributed by atoms with Gasteiger partial charge in [0, 0.05) is 17.0 Å². The maximum Gasteiger partial charge on any atom is 0.250 e. The second-order valence-electron chi connectivity index (χ2n) is 6.06. The van der Waals surface area contributed by atoms with E-state index in [1.807, 2.05) is 48.7 Å². The number of aromatic nitrogens is 1. The Morgan fingerprint density at radius 1 is 1.23 bits per heavy atom. The second-order valence-corrected chi connectivity index (χ2v) is 7.77. The highest BCUT2D eigenvalue weighted by Gasteiger charge is 2.11. The summed E-state index contributed by atoms with van der Waals surface area (Å²) in [6.07, 6.45) is 3.16. The van der Waals surface area contributed by atoms with Crippen LogP contribution in [0.25, 0.3) is 17.3 Å². The number of halogens is 1. The third-order valence-corrected chi connectivity index (χ3v) is 5.41. The molecule has 1 amide bonds. The fourth-order valence-corrected chi connectivity index (χ4v) is 3.98. The molecule has 0 unspecified atom stereocenters. The van der Waals surface area contributed by atoms with E-state index in [9.17, 15) is 4.79 Å². The van der Waals surface area contributed by atoms with Gasteiger partial charge in [-0.15, -0.1) is 11.3 Å². The molecule has 156 valence electrons. The van der Waals surface area contributed by atoms with Gasteiger partial charge in [-0.1, -0.05) is 12.1 Å². The van der Waals surface area contributed by atoms with Gasteiger partial charge in [-0.2, -0.15) is 0 Å².